The smallest absolute Gasteiger partial charge is 0.229 e. The van der Waals surface area contributed by atoms with E-state index >= 15 is 0 Å². The van der Waals surface area contributed by atoms with Crippen molar-refractivity contribution in [3.63, 3.8) is 0 Å². The Morgan fingerprint density at radius 3 is 2.60 bits per heavy atom. The Hall–Kier alpha value is -1.71. The number of rotatable bonds is 3. The SMILES string of the molecule is O=C1CCC(=O)N1CCc1cccnc1. The summed E-state index contributed by atoms with van der Waals surface area (Å²) in [5.41, 5.74) is 1.05. The molecule has 0 N–H and O–H groups in total. The van der Waals surface area contributed by atoms with Crippen LogP contribution in [-0.2, 0) is 16.0 Å². The first-order chi connectivity index (χ1) is 7.27. The first-order valence-corrected chi connectivity index (χ1v) is 4.99. The lowest BCUT2D eigenvalue weighted by molar-refractivity contribution is -0.138. The van der Waals surface area contributed by atoms with Gasteiger partial charge in [-0.15, -0.1) is 0 Å². The molecule has 2 amide bonds. The molecular formula is C11H12N2O2. The first-order valence-electron chi connectivity index (χ1n) is 4.99. The summed E-state index contributed by atoms with van der Waals surface area (Å²) in [6.07, 6.45) is 4.88. The molecule has 2 rings (SSSR count). The molecule has 78 valence electrons. The summed E-state index contributed by atoms with van der Waals surface area (Å²) in [6, 6.07) is 3.79. The highest BCUT2D eigenvalue weighted by Crippen LogP contribution is 2.12. The minimum Gasteiger partial charge on any atom is -0.282 e. The summed E-state index contributed by atoms with van der Waals surface area (Å²) < 4.78 is 0. The van der Waals surface area contributed by atoms with Gasteiger partial charge in [0.15, 0.2) is 0 Å². The van der Waals surface area contributed by atoms with Crippen molar-refractivity contribution in [2.24, 2.45) is 0 Å². The van der Waals surface area contributed by atoms with Crippen molar-refractivity contribution in [2.75, 3.05) is 6.54 Å². The zero-order chi connectivity index (χ0) is 10.7. The molecule has 0 unspecified atom stereocenters. The number of hydrogen-bond acceptors (Lipinski definition) is 3. The maximum absolute atomic E-state index is 11.3. The minimum absolute atomic E-state index is 0.0520. The van der Waals surface area contributed by atoms with Crippen LogP contribution in [0.2, 0.25) is 0 Å². The Labute approximate surface area is 87.9 Å². The highest BCUT2D eigenvalue weighted by Gasteiger charge is 2.27. The number of carbonyl (C=O) groups excluding carboxylic acids is 2. The number of hydrogen-bond donors (Lipinski definition) is 0. The minimum atomic E-state index is -0.0520. The predicted molar refractivity (Wildman–Crippen MR) is 53.9 cm³/mol. The van der Waals surface area contributed by atoms with Gasteiger partial charge in [-0.2, -0.15) is 0 Å². The molecule has 1 saturated heterocycles. The van der Waals surface area contributed by atoms with E-state index in [1.165, 1.54) is 4.90 Å². The van der Waals surface area contributed by atoms with Crippen molar-refractivity contribution in [3.05, 3.63) is 30.1 Å². The van der Waals surface area contributed by atoms with Gasteiger partial charge < -0.3 is 0 Å². The van der Waals surface area contributed by atoms with E-state index in [2.05, 4.69) is 4.98 Å². The van der Waals surface area contributed by atoms with E-state index < -0.39 is 0 Å². The number of aromatic nitrogens is 1. The van der Waals surface area contributed by atoms with Gasteiger partial charge in [-0.25, -0.2) is 0 Å². The van der Waals surface area contributed by atoms with Crippen LogP contribution in [0.1, 0.15) is 18.4 Å². The lowest BCUT2D eigenvalue weighted by Crippen LogP contribution is -2.31. The molecule has 2 heterocycles. The molecule has 0 bridgehead atoms. The van der Waals surface area contributed by atoms with E-state index in [0.717, 1.165) is 5.56 Å². The molecule has 15 heavy (non-hydrogen) atoms. The molecule has 1 aliphatic heterocycles. The van der Waals surface area contributed by atoms with Crippen molar-refractivity contribution in [1.82, 2.24) is 9.88 Å². The summed E-state index contributed by atoms with van der Waals surface area (Å²) in [5.74, 6) is -0.104. The molecule has 1 aromatic rings. The van der Waals surface area contributed by atoms with Gasteiger partial charge in [-0.05, 0) is 18.1 Å². The Bertz CT molecular complexity index is 359. The number of carbonyl (C=O) groups is 2. The van der Waals surface area contributed by atoms with Crippen LogP contribution in [0, 0.1) is 0 Å². The van der Waals surface area contributed by atoms with Crippen LogP contribution < -0.4 is 0 Å². The van der Waals surface area contributed by atoms with Gasteiger partial charge in [-0.3, -0.25) is 19.5 Å². The van der Waals surface area contributed by atoms with Crippen molar-refractivity contribution < 1.29 is 9.59 Å². The van der Waals surface area contributed by atoms with E-state index in [1.54, 1.807) is 12.4 Å². The van der Waals surface area contributed by atoms with Gasteiger partial charge in [0.2, 0.25) is 11.8 Å². The predicted octanol–water partition coefficient (Wildman–Crippen LogP) is 0.773. The van der Waals surface area contributed by atoms with Crippen LogP contribution in [0.4, 0.5) is 0 Å². The zero-order valence-electron chi connectivity index (χ0n) is 8.35. The fourth-order valence-electron chi connectivity index (χ4n) is 1.66. The molecule has 1 aliphatic rings. The molecule has 0 aliphatic carbocycles. The van der Waals surface area contributed by atoms with Gasteiger partial charge in [-0.1, -0.05) is 6.07 Å². The highest BCUT2D eigenvalue weighted by molar-refractivity contribution is 6.01. The third-order valence-corrected chi connectivity index (χ3v) is 2.50. The molecule has 0 spiro atoms. The number of nitrogens with zero attached hydrogens (tertiary/aromatic N) is 2. The largest absolute Gasteiger partial charge is 0.282 e. The Morgan fingerprint density at radius 1 is 1.27 bits per heavy atom. The van der Waals surface area contributed by atoms with Gasteiger partial charge in [0.25, 0.3) is 0 Å². The second-order valence-electron chi connectivity index (χ2n) is 3.55. The van der Waals surface area contributed by atoms with Gasteiger partial charge >= 0.3 is 0 Å². The molecule has 0 saturated carbocycles. The molecule has 4 nitrogen and oxygen atoms in total. The maximum Gasteiger partial charge on any atom is 0.229 e. The Balaban J connectivity index is 1.93. The van der Waals surface area contributed by atoms with Crippen LogP contribution in [0.3, 0.4) is 0 Å². The normalized spacial score (nSPS) is 16.1. The van der Waals surface area contributed by atoms with Gasteiger partial charge in [0, 0.05) is 31.8 Å². The Kier molecular flexibility index (Phi) is 2.76. The standard InChI is InChI=1S/C11H12N2O2/c14-10-3-4-11(15)13(10)7-5-9-2-1-6-12-8-9/h1-2,6,8H,3-5,7H2. The number of likely N-dealkylation sites (tertiary alicyclic amines) is 1. The molecule has 0 aromatic carbocycles. The van der Waals surface area contributed by atoms with Crippen LogP contribution in [0.15, 0.2) is 24.5 Å². The summed E-state index contributed by atoms with van der Waals surface area (Å²) in [7, 11) is 0. The van der Waals surface area contributed by atoms with Gasteiger partial charge in [0.05, 0.1) is 0 Å². The van der Waals surface area contributed by atoms with Crippen LogP contribution in [0.25, 0.3) is 0 Å². The van der Waals surface area contributed by atoms with E-state index in [1.807, 2.05) is 12.1 Å². The van der Waals surface area contributed by atoms with Gasteiger partial charge in [0.1, 0.15) is 0 Å². The maximum atomic E-state index is 11.3. The average molecular weight is 204 g/mol. The van der Waals surface area contributed by atoms with Crippen molar-refractivity contribution in [3.8, 4) is 0 Å². The number of imide groups is 1. The molecular weight excluding hydrogens is 192 g/mol. The highest BCUT2D eigenvalue weighted by atomic mass is 16.2. The fraction of sp³-hybridized carbons (Fsp3) is 0.364. The van der Waals surface area contributed by atoms with E-state index in [0.29, 0.717) is 25.8 Å². The lowest BCUT2D eigenvalue weighted by Gasteiger charge is -2.12. The summed E-state index contributed by atoms with van der Waals surface area (Å²) in [5, 5.41) is 0. The molecule has 0 radical (unpaired) electrons. The van der Waals surface area contributed by atoms with E-state index in [4.69, 9.17) is 0 Å². The Morgan fingerprint density at radius 2 is 2.00 bits per heavy atom. The van der Waals surface area contributed by atoms with E-state index in [-0.39, 0.29) is 11.8 Å². The second kappa shape index (κ2) is 4.21. The number of pyridine rings is 1. The summed E-state index contributed by atoms with van der Waals surface area (Å²) in [6.45, 7) is 0.476. The molecule has 1 aromatic heterocycles. The van der Waals surface area contributed by atoms with Crippen molar-refractivity contribution in [1.29, 1.82) is 0 Å². The van der Waals surface area contributed by atoms with Crippen LogP contribution in [-0.4, -0.2) is 28.2 Å². The summed E-state index contributed by atoms with van der Waals surface area (Å²) in [4.78, 5) is 27.9. The van der Waals surface area contributed by atoms with E-state index in [9.17, 15) is 9.59 Å². The van der Waals surface area contributed by atoms with Crippen molar-refractivity contribution >= 4 is 11.8 Å². The third kappa shape index (κ3) is 2.21. The van der Waals surface area contributed by atoms with Crippen molar-refractivity contribution in [2.45, 2.75) is 19.3 Å². The molecule has 4 heteroatoms. The van der Waals surface area contributed by atoms with Crippen LogP contribution >= 0.6 is 0 Å². The van der Waals surface area contributed by atoms with Crippen LogP contribution in [0.5, 0.6) is 0 Å². The topological polar surface area (TPSA) is 50.3 Å². The fourth-order valence-corrected chi connectivity index (χ4v) is 1.66. The zero-order valence-corrected chi connectivity index (χ0v) is 8.35. The monoisotopic (exact) mass is 204 g/mol. The third-order valence-electron chi connectivity index (χ3n) is 2.50. The quantitative estimate of drug-likeness (QED) is 0.683. The molecule has 1 fully saturated rings. The summed E-state index contributed by atoms with van der Waals surface area (Å²) >= 11 is 0. The first kappa shape index (κ1) is 9.83. The molecule has 0 atom stereocenters. The lowest BCUT2D eigenvalue weighted by atomic mass is 10.2. The average Bonchev–Trinajstić information content (AvgIpc) is 2.58. The second-order valence-corrected chi connectivity index (χ2v) is 3.55. The number of amides is 2.